The topological polar surface area (TPSA) is 80.9 Å². The molecule has 446 valence electrons. The van der Waals surface area contributed by atoms with Crippen molar-refractivity contribution in [1.82, 2.24) is 16.0 Å². The lowest BCUT2D eigenvalue weighted by atomic mass is 9.95. The fourth-order valence-electron chi connectivity index (χ4n) is 10.9. The quantitative estimate of drug-likeness (QED) is 0.0414. The van der Waals surface area contributed by atoms with Crippen molar-refractivity contribution >= 4 is 7.82 Å². The van der Waals surface area contributed by atoms with Gasteiger partial charge in [-0.15, -0.1) is 0 Å². The first-order chi connectivity index (χ1) is 36.2. The Balaban J connectivity index is 6.06. The van der Waals surface area contributed by atoms with Gasteiger partial charge in [0.25, 0.3) is 0 Å². The highest BCUT2D eigenvalue weighted by atomic mass is 31.2. The van der Waals surface area contributed by atoms with Crippen LogP contribution in [0.4, 0.5) is 0 Å². The Morgan fingerprint density at radius 1 is 0.270 bits per heavy atom. The summed E-state index contributed by atoms with van der Waals surface area (Å²) >= 11 is 0. The van der Waals surface area contributed by atoms with Crippen LogP contribution in [0.25, 0.3) is 0 Å². The van der Waals surface area contributed by atoms with Crippen LogP contribution in [0.1, 0.15) is 351 Å². The molecule has 6 atom stereocenters. The van der Waals surface area contributed by atoms with E-state index in [1.54, 1.807) is 0 Å². The van der Waals surface area contributed by atoms with Gasteiger partial charge in [0.1, 0.15) is 0 Å². The van der Waals surface area contributed by atoms with Crippen molar-refractivity contribution < 1.29 is 18.1 Å². The van der Waals surface area contributed by atoms with Gasteiger partial charge in [-0.1, -0.05) is 292 Å². The van der Waals surface area contributed by atoms with Crippen LogP contribution in [-0.4, -0.2) is 57.6 Å². The third-order valence-corrected chi connectivity index (χ3v) is 18.1. The molecule has 0 amide bonds. The Morgan fingerprint density at radius 3 is 0.649 bits per heavy atom. The van der Waals surface area contributed by atoms with Crippen LogP contribution < -0.4 is 16.0 Å². The molecule has 6 unspecified atom stereocenters. The van der Waals surface area contributed by atoms with E-state index in [9.17, 15) is 0 Å². The average molecular weight is 1070 g/mol. The summed E-state index contributed by atoms with van der Waals surface area (Å²) in [5.41, 5.74) is 0. The molecule has 0 bridgehead atoms. The van der Waals surface area contributed by atoms with E-state index in [0.717, 1.165) is 38.9 Å². The maximum atomic E-state index is 15.4. The maximum absolute atomic E-state index is 15.4. The predicted octanol–water partition coefficient (Wildman–Crippen LogP) is 21.6. The molecule has 0 saturated heterocycles. The molecule has 0 aliphatic rings. The lowest BCUT2D eigenvalue weighted by Crippen LogP contribution is -2.38. The molecule has 0 aromatic rings. The number of unbranched alkanes of at least 4 members (excludes halogenated alkanes) is 36. The van der Waals surface area contributed by atoms with Gasteiger partial charge in [-0.05, 0) is 96.7 Å². The van der Waals surface area contributed by atoms with Crippen LogP contribution in [0.2, 0.25) is 0 Å². The first-order valence-electron chi connectivity index (χ1n) is 33.9. The van der Waals surface area contributed by atoms with Crippen LogP contribution in [0, 0.1) is 17.8 Å². The largest absolute Gasteiger partial charge is 0.474 e. The van der Waals surface area contributed by atoms with Crippen LogP contribution in [0.15, 0.2) is 0 Å². The second kappa shape index (κ2) is 57.7. The summed E-state index contributed by atoms with van der Waals surface area (Å²) in [6.07, 6.45) is 58.4. The van der Waals surface area contributed by atoms with E-state index in [0.29, 0.717) is 19.8 Å². The van der Waals surface area contributed by atoms with E-state index in [4.69, 9.17) is 13.6 Å². The summed E-state index contributed by atoms with van der Waals surface area (Å²) in [7, 11) is -3.89. The second-order valence-electron chi connectivity index (χ2n) is 23.9. The molecule has 0 saturated carbocycles. The van der Waals surface area contributed by atoms with E-state index in [1.165, 1.54) is 270 Å². The van der Waals surface area contributed by atoms with Gasteiger partial charge in [-0.25, -0.2) is 4.57 Å². The maximum Gasteiger partial charge on any atom is 0.474 e. The van der Waals surface area contributed by atoms with Gasteiger partial charge in [0, 0.05) is 18.1 Å². The fourth-order valence-corrected chi connectivity index (χ4v) is 12.3. The molecule has 3 N–H and O–H groups in total. The SMILES string of the molecule is CCCCCCCCCCCCNC(C)C(CCCCCC)COP(=O)(OCC(CCCCCC)C(C)NCCCCCCCCCCCC)OCC(CCCCCC)C(C)NCCCCCCCCCCCC. The summed E-state index contributed by atoms with van der Waals surface area (Å²) in [5.74, 6) is 0.732. The van der Waals surface area contributed by atoms with Gasteiger partial charge in [0.05, 0.1) is 19.8 Å². The molecule has 0 rings (SSSR count). The average Bonchev–Trinajstić information content (AvgIpc) is 3.40. The van der Waals surface area contributed by atoms with E-state index in [2.05, 4.69) is 78.3 Å². The molecule has 0 heterocycles. The van der Waals surface area contributed by atoms with Gasteiger partial charge in [0.15, 0.2) is 0 Å². The minimum Gasteiger partial charge on any atom is -0.314 e. The van der Waals surface area contributed by atoms with Crippen LogP contribution in [0.5, 0.6) is 0 Å². The smallest absolute Gasteiger partial charge is 0.314 e. The zero-order chi connectivity index (χ0) is 54.3. The van der Waals surface area contributed by atoms with Crippen molar-refractivity contribution in [3.8, 4) is 0 Å². The van der Waals surface area contributed by atoms with E-state index in [1.807, 2.05) is 0 Å². The number of phosphoric ester groups is 1. The van der Waals surface area contributed by atoms with Crippen molar-refractivity contribution in [3.05, 3.63) is 0 Å². The minimum atomic E-state index is -3.89. The minimum absolute atomic E-state index is 0.244. The summed E-state index contributed by atoms with van der Waals surface area (Å²) in [6.45, 7) is 25.1. The molecule has 0 aromatic heterocycles. The highest BCUT2D eigenvalue weighted by molar-refractivity contribution is 7.48. The van der Waals surface area contributed by atoms with Crippen molar-refractivity contribution in [2.24, 2.45) is 17.8 Å². The molecular formula is C66H138N3O4P. The van der Waals surface area contributed by atoms with Crippen LogP contribution >= 0.6 is 7.82 Å². The van der Waals surface area contributed by atoms with Gasteiger partial charge in [0.2, 0.25) is 0 Å². The van der Waals surface area contributed by atoms with Gasteiger partial charge in [-0.3, -0.25) is 13.6 Å². The summed E-state index contributed by atoms with van der Waals surface area (Å²) in [4.78, 5) is 0. The molecule has 0 aliphatic heterocycles. The number of hydrogen-bond acceptors (Lipinski definition) is 7. The Bertz CT molecular complexity index is 998. The standard InChI is InChI=1S/C66H138N3O4P/c1-10-16-22-28-31-34-37-40-43-49-55-67-61(7)64(52-46-25-19-13-4)58-71-74(70,72-59-65(53-47-26-20-14-5)62(8)68-56-50-44-41-38-35-32-29-23-17-11-2)73-60-66(54-48-27-21-15-6)63(9)69-57-51-45-42-39-36-33-30-24-18-12-3/h61-69H,10-60H2,1-9H3. The predicted molar refractivity (Wildman–Crippen MR) is 330 cm³/mol. The highest BCUT2D eigenvalue weighted by Gasteiger charge is 2.34. The summed E-state index contributed by atoms with van der Waals surface area (Å²) in [6, 6.07) is 0.809. The zero-order valence-corrected chi connectivity index (χ0v) is 53.0. The van der Waals surface area contributed by atoms with Gasteiger partial charge in [-0.2, -0.15) is 0 Å². The molecule has 0 spiro atoms. The van der Waals surface area contributed by atoms with Gasteiger partial charge < -0.3 is 16.0 Å². The molecule has 0 aliphatic carbocycles. The molecule has 7 nitrogen and oxygen atoms in total. The third kappa shape index (κ3) is 47.9. The first-order valence-corrected chi connectivity index (χ1v) is 35.4. The normalized spacial score (nSPS) is 15.3. The van der Waals surface area contributed by atoms with Crippen LogP contribution in [0.3, 0.4) is 0 Å². The zero-order valence-electron chi connectivity index (χ0n) is 52.1. The Kier molecular flexibility index (Phi) is 57.7. The monoisotopic (exact) mass is 1070 g/mol. The molecule has 0 fully saturated rings. The number of rotatable bonds is 63. The van der Waals surface area contributed by atoms with Gasteiger partial charge >= 0.3 is 7.82 Å². The summed E-state index contributed by atoms with van der Waals surface area (Å²) < 4.78 is 35.5. The lowest BCUT2D eigenvalue weighted by molar-refractivity contribution is 0.0627. The van der Waals surface area contributed by atoms with E-state index in [-0.39, 0.29) is 35.9 Å². The van der Waals surface area contributed by atoms with Crippen molar-refractivity contribution in [2.45, 2.75) is 369 Å². The number of nitrogens with one attached hydrogen (secondary N) is 3. The second-order valence-corrected chi connectivity index (χ2v) is 25.6. The van der Waals surface area contributed by atoms with E-state index >= 15 is 4.57 Å². The van der Waals surface area contributed by atoms with E-state index < -0.39 is 7.82 Å². The Morgan fingerprint density at radius 2 is 0.446 bits per heavy atom. The molecule has 0 aromatic carbocycles. The van der Waals surface area contributed by atoms with Crippen molar-refractivity contribution in [2.75, 3.05) is 39.5 Å². The van der Waals surface area contributed by atoms with Crippen molar-refractivity contribution in [3.63, 3.8) is 0 Å². The molecule has 0 radical (unpaired) electrons. The fraction of sp³-hybridized carbons (Fsp3) is 1.00. The number of phosphoric acid groups is 1. The molecular weight excluding hydrogens is 930 g/mol. The Labute approximate surface area is 466 Å². The third-order valence-electron chi connectivity index (χ3n) is 16.7. The van der Waals surface area contributed by atoms with Crippen molar-refractivity contribution in [1.29, 1.82) is 0 Å². The lowest BCUT2D eigenvalue weighted by Gasteiger charge is -2.31. The molecule has 8 heteroatoms. The Hall–Kier alpha value is -0.0100. The van der Waals surface area contributed by atoms with Crippen LogP contribution in [-0.2, 0) is 18.1 Å². The summed E-state index contributed by atoms with van der Waals surface area (Å²) in [5, 5.41) is 11.7. The highest BCUT2D eigenvalue weighted by Crippen LogP contribution is 2.51. The molecule has 74 heavy (non-hydrogen) atoms. The number of hydrogen-bond donors (Lipinski definition) is 3. The first kappa shape index (κ1) is 74.0.